The Morgan fingerprint density at radius 1 is 1.33 bits per heavy atom. The molecule has 0 aliphatic carbocycles. The van der Waals surface area contributed by atoms with Crippen molar-refractivity contribution in [1.82, 2.24) is 14.6 Å². The maximum absolute atomic E-state index is 9.56. The fraction of sp³-hybridized carbons (Fsp3) is 0.412. The molecular weight excluding hydrogens is 344 g/mol. The first-order chi connectivity index (χ1) is 11.3. The normalized spacial score (nSPS) is 13.4. The van der Waals surface area contributed by atoms with E-state index in [1.165, 1.54) is 11.3 Å². The molecule has 2 N–H and O–H groups in total. The monoisotopic (exact) mass is 364 g/mol. The van der Waals surface area contributed by atoms with E-state index in [4.69, 9.17) is 11.6 Å². The van der Waals surface area contributed by atoms with Crippen LogP contribution in [0.25, 0.3) is 16.2 Å². The third-order valence-corrected chi connectivity index (χ3v) is 4.88. The summed E-state index contributed by atoms with van der Waals surface area (Å²) in [5, 5.41) is 19.0. The van der Waals surface area contributed by atoms with E-state index in [0.717, 1.165) is 34.3 Å². The Balaban J connectivity index is 1.72. The van der Waals surface area contributed by atoms with Gasteiger partial charge in [0.1, 0.15) is 0 Å². The summed E-state index contributed by atoms with van der Waals surface area (Å²) < 4.78 is 1.79. The van der Waals surface area contributed by atoms with Crippen molar-refractivity contribution in [2.75, 3.05) is 11.9 Å². The fourth-order valence-electron chi connectivity index (χ4n) is 2.72. The number of fused-ring (bicyclic) bond motifs is 1. The zero-order valence-corrected chi connectivity index (χ0v) is 15.5. The number of nitrogens with one attached hydrogen (secondary N) is 1. The minimum atomic E-state index is -0.308. The molecule has 2 heterocycles. The summed E-state index contributed by atoms with van der Waals surface area (Å²) in [6.45, 7) is 6.82. The highest BCUT2D eigenvalue weighted by molar-refractivity contribution is 7.20. The lowest BCUT2D eigenvalue weighted by atomic mass is 9.87. The molecule has 0 aliphatic heterocycles. The Bertz CT molecular complexity index is 791. The molecule has 7 heteroatoms. The summed E-state index contributed by atoms with van der Waals surface area (Å²) in [4.78, 5) is 5.47. The first-order valence-corrected chi connectivity index (χ1v) is 9.06. The highest BCUT2D eigenvalue weighted by Gasteiger charge is 2.21. The summed E-state index contributed by atoms with van der Waals surface area (Å²) in [7, 11) is 0. The molecule has 3 aromatic rings. The van der Waals surface area contributed by atoms with Crippen LogP contribution >= 0.6 is 22.9 Å². The second kappa shape index (κ2) is 6.70. The predicted octanol–water partition coefficient (Wildman–Crippen LogP) is 4.32. The van der Waals surface area contributed by atoms with Gasteiger partial charge in [-0.05, 0) is 30.9 Å². The molecule has 0 amide bonds. The molecule has 1 unspecified atom stereocenters. The van der Waals surface area contributed by atoms with Crippen LogP contribution in [0.5, 0.6) is 0 Å². The molecule has 0 saturated heterocycles. The first-order valence-electron chi connectivity index (χ1n) is 7.86. The van der Waals surface area contributed by atoms with Crippen LogP contribution in [0.4, 0.5) is 5.13 Å². The topological polar surface area (TPSA) is 62.5 Å². The molecule has 0 radical (unpaired) electrons. The third kappa shape index (κ3) is 4.06. The van der Waals surface area contributed by atoms with Crippen LogP contribution in [0.2, 0.25) is 5.02 Å². The van der Waals surface area contributed by atoms with Crippen molar-refractivity contribution in [3.63, 3.8) is 0 Å². The van der Waals surface area contributed by atoms with E-state index < -0.39 is 0 Å². The van der Waals surface area contributed by atoms with Gasteiger partial charge in [-0.1, -0.05) is 48.9 Å². The molecule has 0 bridgehead atoms. The second-order valence-electron chi connectivity index (χ2n) is 6.84. The molecule has 2 aromatic heterocycles. The lowest BCUT2D eigenvalue weighted by molar-refractivity contribution is 0.135. The minimum absolute atomic E-state index is 0.00358. The molecule has 0 saturated carbocycles. The maximum atomic E-state index is 9.56. The SMILES string of the molecule is CC(O)CC(C)(C)CNc1nn2cc(-c3ccc(Cl)cc3)nc2s1. The number of anilines is 1. The van der Waals surface area contributed by atoms with Crippen molar-refractivity contribution < 1.29 is 5.11 Å². The van der Waals surface area contributed by atoms with Gasteiger partial charge in [-0.25, -0.2) is 9.50 Å². The zero-order chi connectivity index (χ0) is 17.3. The standard InChI is InChI=1S/C17H21ClN4OS/c1-11(23)8-17(2,3)10-19-15-21-22-9-14(20-16(22)24-15)12-4-6-13(18)7-5-12/h4-7,9,11,23H,8,10H2,1-3H3,(H,19,21). The van der Waals surface area contributed by atoms with E-state index in [9.17, 15) is 5.11 Å². The van der Waals surface area contributed by atoms with Gasteiger partial charge in [0.15, 0.2) is 0 Å². The highest BCUT2D eigenvalue weighted by Crippen LogP contribution is 2.27. The van der Waals surface area contributed by atoms with Crippen molar-refractivity contribution in [3.05, 3.63) is 35.5 Å². The van der Waals surface area contributed by atoms with Crippen molar-refractivity contribution in [2.45, 2.75) is 33.3 Å². The zero-order valence-electron chi connectivity index (χ0n) is 14.0. The lowest BCUT2D eigenvalue weighted by Gasteiger charge is -2.26. The first kappa shape index (κ1) is 17.2. The van der Waals surface area contributed by atoms with Crippen LogP contribution in [0.1, 0.15) is 27.2 Å². The molecule has 0 fully saturated rings. The van der Waals surface area contributed by atoms with Gasteiger partial charge in [-0.2, -0.15) is 0 Å². The van der Waals surface area contributed by atoms with Crippen molar-refractivity contribution in [2.24, 2.45) is 5.41 Å². The van der Waals surface area contributed by atoms with Gasteiger partial charge in [-0.15, -0.1) is 5.10 Å². The molecule has 3 rings (SSSR count). The second-order valence-corrected chi connectivity index (χ2v) is 8.23. The van der Waals surface area contributed by atoms with Crippen LogP contribution < -0.4 is 5.32 Å². The van der Waals surface area contributed by atoms with Crippen LogP contribution in [-0.4, -0.2) is 32.4 Å². The molecular formula is C17H21ClN4OS. The Morgan fingerprint density at radius 3 is 2.67 bits per heavy atom. The average Bonchev–Trinajstić information content (AvgIpc) is 3.03. The Hall–Kier alpha value is -1.63. The Morgan fingerprint density at radius 2 is 2.04 bits per heavy atom. The highest BCUT2D eigenvalue weighted by atomic mass is 35.5. The number of aromatic nitrogens is 3. The van der Waals surface area contributed by atoms with Crippen molar-refractivity contribution in [3.8, 4) is 11.3 Å². The Kier molecular flexibility index (Phi) is 4.80. The largest absolute Gasteiger partial charge is 0.393 e. The van der Waals surface area contributed by atoms with Crippen molar-refractivity contribution >= 4 is 33.0 Å². The molecule has 0 aliphatic rings. The summed E-state index contributed by atoms with van der Waals surface area (Å²) >= 11 is 7.44. The van der Waals surface area contributed by atoms with Gasteiger partial charge < -0.3 is 10.4 Å². The molecule has 5 nitrogen and oxygen atoms in total. The number of rotatable bonds is 6. The quantitative estimate of drug-likeness (QED) is 0.683. The third-order valence-electron chi connectivity index (χ3n) is 3.75. The summed E-state index contributed by atoms with van der Waals surface area (Å²) in [6, 6.07) is 7.61. The van der Waals surface area contributed by atoms with Gasteiger partial charge in [0.25, 0.3) is 0 Å². The van der Waals surface area contributed by atoms with E-state index >= 15 is 0 Å². The number of hydrogen-bond acceptors (Lipinski definition) is 5. The lowest BCUT2D eigenvalue weighted by Crippen LogP contribution is -2.27. The number of imidazole rings is 1. The number of nitrogens with zero attached hydrogens (tertiary/aromatic N) is 3. The molecule has 0 spiro atoms. The molecule has 24 heavy (non-hydrogen) atoms. The Labute approximate surface area is 150 Å². The van der Waals surface area contributed by atoms with E-state index in [2.05, 4.69) is 29.2 Å². The van der Waals surface area contributed by atoms with Crippen LogP contribution in [-0.2, 0) is 0 Å². The average molecular weight is 365 g/mol. The number of hydrogen-bond donors (Lipinski definition) is 2. The number of aliphatic hydroxyl groups is 1. The number of halogens is 1. The van der Waals surface area contributed by atoms with E-state index in [0.29, 0.717) is 5.02 Å². The van der Waals surface area contributed by atoms with Crippen molar-refractivity contribution in [1.29, 1.82) is 0 Å². The minimum Gasteiger partial charge on any atom is -0.393 e. The molecule has 128 valence electrons. The maximum Gasteiger partial charge on any atom is 0.214 e. The van der Waals surface area contributed by atoms with Crippen LogP contribution in [0.3, 0.4) is 0 Å². The van der Waals surface area contributed by atoms with Gasteiger partial charge >= 0.3 is 0 Å². The predicted molar refractivity (Wildman–Crippen MR) is 99.9 cm³/mol. The summed E-state index contributed by atoms with van der Waals surface area (Å²) in [5.41, 5.74) is 1.90. The van der Waals surface area contributed by atoms with Crippen LogP contribution in [0, 0.1) is 5.41 Å². The van der Waals surface area contributed by atoms with Crippen LogP contribution in [0.15, 0.2) is 30.5 Å². The van der Waals surface area contributed by atoms with Gasteiger partial charge in [0, 0.05) is 17.1 Å². The molecule has 1 atom stereocenters. The smallest absolute Gasteiger partial charge is 0.214 e. The van der Waals surface area contributed by atoms with Gasteiger partial charge in [0.2, 0.25) is 10.1 Å². The van der Waals surface area contributed by atoms with E-state index in [1.54, 1.807) is 4.52 Å². The van der Waals surface area contributed by atoms with E-state index in [-0.39, 0.29) is 11.5 Å². The van der Waals surface area contributed by atoms with Gasteiger partial charge in [0.05, 0.1) is 18.0 Å². The number of benzene rings is 1. The van der Waals surface area contributed by atoms with E-state index in [1.807, 2.05) is 37.4 Å². The number of aliphatic hydroxyl groups excluding tert-OH is 1. The summed E-state index contributed by atoms with van der Waals surface area (Å²) in [6.07, 6.45) is 2.35. The molecule has 1 aromatic carbocycles. The summed E-state index contributed by atoms with van der Waals surface area (Å²) in [5.74, 6) is 0. The van der Waals surface area contributed by atoms with Gasteiger partial charge in [-0.3, -0.25) is 0 Å². The fourth-order valence-corrected chi connectivity index (χ4v) is 3.62.